The quantitative estimate of drug-likeness (QED) is 0.439. The third-order valence-corrected chi connectivity index (χ3v) is 4.56. The SMILES string of the molecule is Cc1ccc(C(=O)OC(C)C(F)(F)F)c2oc(CNC(=O)/C(=C/N)c3ncccn3)cc12. The second-order valence-corrected chi connectivity index (χ2v) is 6.81. The number of aromatic nitrogens is 2. The topological polar surface area (TPSA) is 120 Å². The van der Waals surface area contributed by atoms with Crippen LogP contribution in [0.5, 0.6) is 0 Å². The number of carbonyl (C=O) groups is 2. The van der Waals surface area contributed by atoms with E-state index in [1.807, 2.05) is 0 Å². The van der Waals surface area contributed by atoms with E-state index in [9.17, 15) is 22.8 Å². The van der Waals surface area contributed by atoms with Crippen LogP contribution >= 0.6 is 0 Å². The standard InChI is InChI=1S/C21H19F3N4O4/c1-11-4-5-14(20(30)31-12(2)21(22,23)24)17-15(11)8-13(32-17)10-28-19(29)16(9-25)18-26-6-3-7-27-18/h3-9,12H,10,25H2,1-2H3,(H,28,29)/b16-9+. The Balaban J connectivity index is 1.81. The summed E-state index contributed by atoms with van der Waals surface area (Å²) in [4.78, 5) is 32.7. The van der Waals surface area contributed by atoms with Crippen molar-refractivity contribution in [3.63, 3.8) is 0 Å². The highest BCUT2D eigenvalue weighted by molar-refractivity contribution is 6.18. The van der Waals surface area contributed by atoms with Crippen molar-refractivity contribution >= 4 is 28.4 Å². The molecule has 0 aliphatic rings. The maximum Gasteiger partial charge on any atom is 0.425 e. The van der Waals surface area contributed by atoms with Gasteiger partial charge in [-0.2, -0.15) is 13.2 Å². The van der Waals surface area contributed by atoms with Crippen LogP contribution in [0.1, 0.15) is 34.4 Å². The number of esters is 1. The summed E-state index contributed by atoms with van der Waals surface area (Å²) in [5.41, 5.74) is 6.20. The molecule has 11 heteroatoms. The minimum atomic E-state index is -4.69. The van der Waals surface area contributed by atoms with Gasteiger partial charge in [-0.05, 0) is 37.6 Å². The lowest BCUT2D eigenvalue weighted by Gasteiger charge is -2.16. The number of hydrogen-bond donors (Lipinski definition) is 2. The van der Waals surface area contributed by atoms with Gasteiger partial charge in [0.05, 0.1) is 12.1 Å². The highest BCUT2D eigenvalue weighted by Crippen LogP contribution is 2.29. The van der Waals surface area contributed by atoms with E-state index in [1.54, 1.807) is 25.1 Å². The zero-order valence-corrected chi connectivity index (χ0v) is 17.1. The highest BCUT2D eigenvalue weighted by Gasteiger charge is 2.39. The summed E-state index contributed by atoms with van der Waals surface area (Å²) in [5, 5.41) is 3.11. The summed E-state index contributed by atoms with van der Waals surface area (Å²) in [6, 6.07) is 6.07. The van der Waals surface area contributed by atoms with Crippen LogP contribution in [0, 0.1) is 6.92 Å². The first-order valence-electron chi connectivity index (χ1n) is 9.39. The number of fused-ring (bicyclic) bond motifs is 1. The van der Waals surface area contributed by atoms with Gasteiger partial charge in [-0.15, -0.1) is 0 Å². The molecule has 168 valence electrons. The monoisotopic (exact) mass is 448 g/mol. The van der Waals surface area contributed by atoms with Crippen molar-refractivity contribution in [3.05, 3.63) is 65.6 Å². The molecule has 3 rings (SSSR count). The van der Waals surface area contributed by atoms with Crippen molar-refractivity contribution in [1.29, 1.82) is 0 Å². The van der Waals surface area contributed by atoms with E-state index < -0.39 is 24.2 Å². The molecular formula is C21H19F3N4O4. The lowest BCUT2D eigenvalue weighted by atomic mass is 10.1. The first-order chi connectivity index (χ1) is 15.1. The molecule has 2 heterocycles. The van der Waals surface area contributed by atoms with Crippen molar-refractivity contribution < 1.29 is 31.9 Å². The van der Waals surface area contributed by atoms with Crippen LogP contribution in [0.25, 0.3) is 16.5 Å². The van der Waals surface area contributed by atoms with E-state index in [0.717, 1.165) is 18.7 Å². The molecule has 0 spiro atoms. The third-order valence-electron chi connectivity index (χ3n) is 4.56. The normalized spacial score (nSPS) is 13.1. The number of furan rings is 1. The fourth-order valence-electron chi connectivity index (χ4n) is 2.80. The minimum Gasteiger partial charge on any atom is -0.458 e. The molecule has 0 bridgehead atoms. The van der Waals surface area contributed by atoms with Gasteiger partial charge in [-0.1, -0.05) is 6.07 Å². The number of nitrogens with one attached hydrogen (secondary N) is 1. The van der Waals surface area contributed by atoms with E-state index >= 15 is 0 Å². The molecule has 0 radical (unpaired) electrons. The Morgan fingerprint density at radius 1 is 1.28 bits per heavy atom. The Morgan fingerprint density at radius 3 is 2.59 bits per heavy atom. The van der Waals surface area contributed by atoms with Crippen LogP contribution in [-0.4, -0.2) is 34.1 Å². The number of alkyl halides is 3. The molecule has 1 unspecified atom stereocenters. The zero-order chi connectivity index (χ0) is 23.5. The fraction of sp³-hybridized carbons (Fsp3) is 0.238. The van der Waals surface area contributed by atoms with Crippen molar-refractivity contribution in [2.24, 2.45) is 5.73 Å². The van der Waals surface area contributed by atoms with Crippen molar-refractivity contribution in [3.8, 4) is 0 Å². The Kier molecular flexibility index (Phi) is 6.47. The fourth-order valence-corrected chi connectivity index (χ4v) is 2.80. The number of amides is 1. The number of halogens is 3. The number of hydrogen-bond acceptors (Lipinski definition) is 7. The van der Waals surface area contributed by atoms with Crippen LogP contribution in [0.4, 0.5) is 13.2 Å². The number of aryl methyl sites for hydroxylation is 1. The number of carbonyl (C=O) groups excluding carboxylic acids is 2. The lowest BCUT2D eigenvalue weighted by molar-refractivity contribution is -0.198. The lowest BCUT2D eigenvalue weighted by Crippen LogP contribution is -2.30. The molecule has 8 nitrogen and oxygen atoms in total. The van der Waals surface area contributed by atoms with Gasteiger partial charge >= 0.3 is 12.1 Å². The molecule has 0 saturated carbocycles. The second-order valence-electron chi connectivity index (χ2n) is 6.81. The second kappa shape index (κ2) is 9.08. The third kappa shape index (κ3) is 4.88. The molecule has 0 aliphatic heterocycles. The summed E-state index contributed by atoms with van der Waals surface area (Å²) < 4.78 is 48.4. The molecule has 0 aliphatic carbocycles. The number of nitrogens with two attached hydrogens (primary N) is 1. The molecule has 1 atom stereocenters. The Bertz CT molecular complexity index is 1170. The Hall–Kier alpha value is -3.89. The smallest absolute Gasteiger partial charge is 0.425 e. The number of benzene rings is 1. The van der Waals surface area contributed by atoms with E-state index in [2.05, 4.69) is 20.0 Å². The van der Waals surface area contributed by atoms with E-state index in [-0.39, 0.29) is 34.8 Å². The number of ether oxygens (including phenoxy) is 1. The molecule has 2 aromatic heterocycles. The number of nitrogens with zero attached hydrogens (tertiary/aromatic N) is 2. The zero-order valence-electron chi connectivity index (χ0n) is 17.1. The molecule has 0 fully saturated rings. The van der Waals surface area contributed by atoms with Crippen molar-refractivity contribution in [2.45, 2.75) is 32.7 Å². The first kappa shape index (κ1) is 22.8. The predicted molar refractivity (Wildman–Crippen MR) is 108 cm³/mol. The van der Waals surface area contributed by atoms with Gasteiger partial charge in [0.25, 0.3) is 5.91 Å². The van der Waals surface area contributed by atoms with Gasteiger partial charge in [0.1, 0.15) is 16.9 Å². The largest absolute Gasteiger partial charge is 0.458 e. The van der Waals surface area contributed by atoms with E-state index in [1.165, 1.54) is 18.5 Å². The van der Waals surface area contributed by atoms with Gasteiger partial charge in [0.2, 0.25) is 0 Å². The summed E-state index contributed by atoms with van der Waals surface area (Å²) >= 11 is 0. The van der Waals surface area contributed by atoms with Gasteiger partial charge in [-0.25, -0.2) is 14.8 Å². The molecule has 0 saturated heterocycles. The average molecular weight is 448 g/mol. The Morgan fingerprint density at radius 2 is 1.97 bits per heavy atom. The van der Waals surface area contributed by atoms with Crippen LogP contribution < -0.4 is 11.1 Å². The van der Waals surface area contributed by atoms with Crippen molar-refractivity contribution in [1.82, 2.24) is 15.3 Å². The summed E-state index contributed by atoms with van der Waals surface area (Å²) in [5.74, 6) is -1.32. The highest BCUT2D eigenvalue weighted by atomic mass is 19.4. The molecule has 3 aromatic rings. The molecular weight excluding hydrogens is 429 g/mol. The summed E-state index contributed by atoms with van der Waals surface area (Å²) in [6.45, 7) is 2.41. The van der Waals surface area contributed by atoms with Crippen molar-refractivity contribution in [2.75, 3.05) is 0 Å². The van der Waals surface area contributed by atoms with Gasteiger partial charge in [0.15, 0.2) is 11.9 Å². The maximum atomic E-state index is 12.7. The summed E-state index contributed by atoms with van der Waals surface area (Å²) in [6.07, 6.45) is -2.97. The molecule has 1 aromatic carbocycles. The predicted octanol–water partition coefficient (Wildman–Crippen LogP) is 3.25. The average Bonchev–Trinajstić information content (AvgIpc) is 3.18. The molecule has 32 heavy (non-hydrogen) atoms. The van der Waals surface area contributed by atoms with Gasteiger partial charge in [0, 0.05) is 24.0 Å². The minimum absolute atomic E-state index is 0.0447. The van der Waals surface area contributed by atoms with Crippen LogP contribution in [0.3, 0.4) is 0 Å². The first-order valence-corrected chi connectivity index (χ1v) is 9.39. The molecule has 1 amide bonds. The van der Waals surface area contributed by atoms with Gasteiger partial charge < -0.3 is 20.2 Å². The molecule has 3 N–H and O–H groups in total. The maximum absolute atomic E-state index is 12.7. The van der Waals surface area contributed by atoms with E-state index in [4.69, 9.17) is 10.2 Å². The van der Waals surface area contributed by atoms with Gasteiger partial charge in [-0.3, -0.25) is 4.79 Å². The number of rotatable bonds is 6. The summed E-state index contributed by atoms with van der Waals surface area (Å²) in [7, 11) is 0. The Labute approximate surface area is 180 Å². The van der Waals surface area contributed by atoms with Crippen LogP contribution in [-0.2, 0) is 16.1 Å². The van der Waals surface area contributed by atoms with Crippen LogP contribution in [0.2, 0.25) is 0 Å². The van der Waals surface area contributed by atoms with Crippen LogP contribution in [0.15, 0.2) is 47.3 Å². The van der Waals surface area contributed by atoms with E-state index in [0.29, 0.717) is 5.39 Å².